The van der Waals surface area contributed by atoms with Crippen LogP contribution in [-0.4, -0.2) is 11.2 Å². The average Bonchev–Trinajstić information content (AvgIpc) is 2.28. The van der Waals surface area contributed by atoms with Crippen molar-refractivity contribution in [1.29, 1.82) is 0 Å². The number of hydrogen-bond donors (Lipinski definition) is 1. The van der Waals surface area contributed by atoms with Gasteiger partial charge in [-0.1, -0.05) is 47.5 Å². The van der Waals surface area contributed by atoms with Gasteiger partial charge in [-0.15, -0.1) is 0 Å². The molecule has 1 N–H and O–H groups in total. The Kier molecular flexibility index (Phi) is 15.2. The Labute approximate surface area is 90.9 Å². The second-order valence-electron chi connectivity index (χ2n) is 3.46. The topological polar surface area (TPSA) is 20.2 Å². The normalized spacial score (nSPS) is 25.3. The fourth-order valence-corrected chi connectivity index (χ4v) is 1.84. The molecule has 0 aromatic carbocycles. The first kappa shape index (κ1) is 16.4. The predicted molar refractivity (Wildman–Crippen MR) is 65.6 cm³/mol. The highest BCUT2D eigenvalue weighted by Crippen LogP contribution is 2.27. The van der Waals surface area contributed by atoms with Gasteiger partial charge in [0.15, 0.2) is 0 Å². The number of hydrogen-bond acceptors (Lipinski definition) is 1. The van der Waals surface area contributed by atoms with Crippen LogP contribution in [0.25, 0.3) is 0 Å². The molecule has 0 amide bonds. The summed E-state index contributed by atoms with van der Waals surface area (Å²) in [6.07, 6.45) is 7.31. The van der Waals surface area contributed by atoms with Gasteiger partial charge in [-0.05, 0) is 31.6 Å². The largest absolute Gasteiger partial charge is 0.393 e. The van der Waals surface area contributed by atoms with E-state index in [1.54, 1.807) is 0 Å². The summed E-state index contributed by atoms with van der Waals surface area (Å²) in [5.41, 5.74) is 0. The van der Waals surface area contributed by atoms with Gasteiger partial charge in [0.1, 0.15) is 0 Å². The summed E-state index contributed by atoms with van der Waals surface area (Å²) in [5.74, 6) is 0.924. The minimum absolute atomic E-state index is 0.0214. The van der Waals surface area contributed by atoms with Crippen LogP contribution in [0, 0.1) is 5.92 Å². The van der Waals surface area contributed by atoms with E-state index in [4.69, 9.17) is 0 Å². The molecule has 0 bridgehead atoms. The second-order valence-corrected chi connectivity index (χ2v) is 3.46. The molecule has 1 fully saturated rings. The van der Waals surface area contributed by atoms with Gasteiger partial charge in [0.2, 0.25) is 0 Å². The molecular weight excluding hydrogens is 172 g/mol. The summed E-state index contributed by atoms with van der Waals surface area (Å²) in [6.45, 7) is 10.2. The molecule has 0 atom stereocenters. The lowest BCUT2D eigenvalue weighted by Crippen LogP contribution is -2.17. The third-order valence-corrected chi connectivity index (χ3v) is 2.51. The standard InChI is InChI=1S/C9H18O.2C2H6/c1-2-3-8-4-6-9(10)7-5-8;2*1-2/h8-10H,2-7H2,1H3;2*1-2H3. The third kappa shape index (κ3) is 8.55. The van der Waals surface area contributed by atoms with Gasteiger partial charge in [-0.3, -0.25) is 0 Å². The highest BCUT2D eigenvalue weighted by molar-refractivity contribution is 4.70. The summed E-state index contributed by atoms with van der Waals surface area (Å²) in [6, 6.07) is 0. The molecule has 88 valence electrons. The van der Waals surface area contributed by atoms with Crippen LogP contribution in [0.2, 0.25) is 0 Å². The van der Waals surface area contributed by atoms with Gasteiger partial charge in [0.05, 0.1) is 6.10 Å². The van der Waals surface area contributed by atoms with E-state index in [9.17, 15) is 5.11 Å². The zero-order valence-electron chi connectivity index (χ0n) is 10.8. The molecule has 0 heterocycles. The molecule has 0 aliphatic heterocycles. The van der Waals surface area contributed by atoms with Crippen molar-refractivity contribution in [2.75, 3.05) is 0 Å². The fourth-order valence-electron chi connectivity index (χ4n) is 1.84. The van der Waals surface area contributed by atoms with Crippen molar-refractivity contribution in [3.8, 4) is 0 Å². The van der Waals surface area contributed by atoms with Crippen LogP contribution < -0.4 is 0 Å². The van der Waals surface area contributed by atoms with Crippen molar-refractivity contribution in [2.45, 2.75) is 79.2 Å². The summed E-state index contributed by atoms with van der Waals surface area (Å²) >= 11 is 0. The summed E-state index contributed by atoms with van der Waals surface area (Å²) in [4.78, 5) is 0. The monoisotopic (exact) mass is 202 g/mol. The van der Waals surface area contributed by atoms with Crippen molar-refractivity contribution in [1.82, 2.24) is 0 Å². The highest BCUT2D eigenvalue weighted by atomic mass is 16.3. The molecule has 0 radical (unpaired) electrons. The van der Waals surface area contributed by atoms with Crippen LogP contribution in [0.4, 0.5) is 0 Å². The Bertz CT molecular complexity index is 83.2. The van der Waals surface area contributed by atoms with Gasteiger partial charge in [0, 0.05) is 0 Å². The second kappa shape index (κ2) is 13.0. The zero-order chi connectivity index (χ0) is 11.4. The maximum atomic E-state index is 9.20. The van der Waals surface area contributed by atoms with E-state index < -0.39 is 0 Å². The molecule has 1 heteroatoms. The summed E-state index contributed by atoms with van der Waals surface area (Å²) < 4.78 is 0. The molecule has 1 nitrogen and oxygen atoms in total. The molecule has 0 aromatic heterocycles. The molecule has 0 unspecified atom stereocenters. The van der Waals surface area contributed by atoms with Gasteiger partial charge >= 0.3 is 0 Å². The molecule has 0 saturated heterocycles. The van der Waals surface area contributed by atoms with Crippen LogP contribution in [0.5, 0.6) is 0 Å². The van der Waals surface area contributed by atoms with Crippen molar-refractivity contribution in [3.63, 3.8) is 0 Å². The van der Waals surface area contributed by atoms with Crippen LogP contribution in [0.3, 0.4) is 0 Å². The van der Waals surface area contributed by atoms with Crippen LogP contribution in [0.1, 0.15) is 73.1 Å². The maximum absolute atomic E-state index is 9.20. The average molecular weight is 202 g/mol. The van der Waals surface area contributed by atoms with Crippen molar-refractivity contribution < 1.29 is 5.11 Å². The molecular formula is C13H30O. The molecule has 0 aromatic rings. The lowest BCUT2D eigenvalue weighted by molar-refractivity contribution is 0.106. The molecule has 0 spiro atoms. The molecule has 14 heavy (non-hydrogen) atoms. The maximum Gasteiger partial charge on any atom is 0.0540 e. The molecule has 1 rings (SSSR count). The van der Waals surface area contributed by atoms with E-state index in [0.717, 1.165) is 18.8 Å². The first-order chi connectivity index (χ1) is 6.83. The predicted octanol–water partition coefficient (Wildman–Crippen LogP) is 4.39. The summed E-state index contributed by atoms with van der Waals surface area (Å²) in [5, 5.41) is 9.20. The Balaban J connectivity index is 0. The van der Waals surface area contributed by atoms with Crippen LogP contribution in [-0.2, 0) is 0 Å². The third-order valence-electron chi connectivity index (χ3n) is 2.51. The van der Waals surface area contributed by atoms with E-state index in [-0.39, 0.29) is 6.10 Å². The lowest BCUT2D eigenvalue weighted by atomic mass is 9.85. The molecule has 1 aliphatic carbocycles. The minimum Gasteiger partial charge on any atom is -0.393 e. The first-order valence-electron chi connectivity index (χ1n) is 6.51. The number of aliphatic hydroxyl groups excluding tert-OH is 1. The molecule has 1 aliphatic rings. The Morgan fingerprint density at radius 3 is 1.71 bits per heavy atom. The van der Waals surface area contributed by atoms with Gasteiger partial charge in [-0.2, -0.15) is 0 Å². The van der Waals surface area contributed by atoms with E-state index in [1.165, 1.54) is 25.7 Å². The van der Waals surface area contributed by atoms with Crippen molar-refractivity contribution in [3.05, 3.63) is 0 Å². The van der Waals surface area contributed by atoms with E-state index in [1.807, 2.05) is 27.7 Å². The van der Waals surface area contributed by atoms with E-state index in [2.05, 4.69) is 6.92 Å². The van der Waals surface area contributed by atoms with E-state index in [0.29, 0.717) is 0 Å². The molecule has 1 saturated carbocycles. The Morgan fingerprint density at radius 1 is 0.929 bits per heavy atom. The van der Waals surface area contributed by atoms with Crippen LogP contribution in [0.15, 0.2) is 0 Å². The number of aliphatic hydroxyl groups is 1. The fraction of sp³-hybridized carbons (Fsp3) is 1.00. The Hall–Kier alpha value is -0.0400. The number of rotatable bonds is 2. The van der Waals surface area contributed by atoms with Crippen molar-refractivity contribution in [2.24, 2.45) is 5.92 Å². The summed E-state index contributed by atoms with van der Waals surface area (Å²) in [7, 11) is 0. The zero-order valence-corrected chi connectivity index (χ0v) is 10.8. The van der Waals surface area contributed by atoms with Gasteiger partial charge in [-0.25, -0.2) is 0 Å². The smallest absolute Gasteiger partial charge is 0.0540 e. The van der Waals surface area contributed by atoms with Gasteiger partial charge in [0.25, 0.3) is 0 Å². The quantitative estimate of drug-likeness (QED) is 0.704. The highest BCUT2D eigenvalue weighted by Gasteiger charge is 2.17. The lowest BCUT2D eigenvalue weighted by Gasteiger charge is -2.24. The SMILES string of the molecule is CC.CC.CCCC1CCC(O)CC1. The van der Waals surface area contributed by atoms with Crippen molar-refractivity contribution >= 4 is 0 Å². The Morgan fingerprint density at radius 2 is 1.36 bits per heavy atom. The van der Waals surface area contributed by atoms with Gasteiger partial charge < -0.3 is 5.11 Å². The van der Waals surface area contributed by atoms with Crippen LogP contribution >= 0.6 is 0 Å². The van der Waals surface area contributed by atoms with E-state index >= 15 is 0 Å². The minimum atomic E-state index is 0.0214. The first-order valence-corrected chi connectivity index (χ1v) is 6.51.